The predicted octanol–water partition coefficient (Wildman–Crippen LogP) is 0.697. The zero-order valence-corrected chi connectivity index (χ0v) is 10.6. The summed E-state index contributed by atoms with van der Waals surface area (Å²) in [5.74, 6) is 1.91. The van der Waals surface area contributed by atoms with E-state index in [2.05, 4.69) is 20.5 Å². The molecular formula is C10H13N5O2S. The van der Waals surface area contributed by atoms with Crippen LogP contribution in [0.5, 0.6) is 0 Å². The van der Waals surface area contributed by atoms with Crippen molar-refractivity contribution in [3.05, 3.63) is 23.7 Å². The Kier molecular flexibility index (Phi) is 3.88. The Morgan fingerprint density at radius 3 is 3.06 bits per heavy atom. The van der Waals surface area contributed by atoms with Crippen LogP contribution in [0.3, 0.4) is 0 Å². The van der Waals surface area contributed by atoms with Crippen LogP contribution in [0, 0.1) is 6.92 Å². The number of thioether (sulfide) groups is 1. The van der Waals surface area contributed by atoms with Crippen LogP contribution in [0.15, 0.2) is 21.7 Å². The van der Waals surface area contributed by atoms with Crippen molar-refractivity contribution in [1.29, 1.82) is 0 Å². The molecule has 4 N–H and O–H groups in total. The SMILES string of the molecule is Cc1ccc(CNC(=O)CSc2n[nH]c(N)n2)o1. The highest BCUT2D eigenvalue weighted by molar-refractivity contribution is 7.99. The molecule has 2 aromatic heterocycles. The van der Waals surface area contributed by atoms with Crippen LogP contribution in [0.25, 0.3) is 0 Å². The molecule has 96 valence electrons. The highest BCUT2D eigenvalue weighted by Gasteiger charge is 2.07. The number of nitrogens with two attached hydrogens (primary N) is 1. The molecule has 1 amide bonds. The van der Waals surface area contributed by atoms with Gasteiger partial charge in [0.1, 0.15) is 11.5 Å². The van der Waals surface area contributed by atoms with Crippen molar-refractivity contribution in [1.82, 2.24) is 20.5 Å². The minimum Gasteiger partial charge on any atom is -0.465 e. The van der Waals surface area contributed by atoms with Gasteiger partial charge in [-0.15, -0.1) is 5.10 Å². The molecule has 7 nitrogen and oxygen atoms in total. The van der Waals surface area contributed by atoms with Crippen molar-refractivity contribution in [2.45, 2.75) is 18.6 Å². The van der Waals surface area contributed by atoms with Crippen LogP contribution in [0.4, 0.5) is 5.95 Å². The van der Waals surface area contributed by atoms with Crippen LogP contribution in [-0.2, 0) is 11.3 Å². The van der Waals surface area contributed by atoms with Gasteiger partial charge in [0, 0.05) is 0 Å². The summed E-state index contributed by atoms with van der Waals surface area (Å²) in [6, 6.07) is 3.69. The van der Waals surface area contributed by atoms with E-state index < -0.39 is 0 Å². The van der Waals surface area contributed by atoms with Crippen molar-refractivity contribution < 1.29 is 9.21 Å². The summed E-state index contributed by atoms with van der Waals surface area (Å²) in [5, 5.41) is 9.51. The van der Waals surface area contributed by atoms with E-state index in [0.29, 0.717) is 11.7 Å². The monoisotopic (exact) mass is 267 g/mol. The fourth-order valence-corrected chi connectivity index (χ4v) is 1.90. The number of aromatic amines is 1. The molecule has 0 saturated carbocycles. The number of nitrogens with zero attached hydrogens (tertiary/aromatic N) is 2. The van der Waals surface area contributed by atoms with Gasteiger partial charge < -0.3 is 15.5 Å². The zero-order valence-electron chi connectivity index (χ0n) is 9.77. The maximum Gasteiger partial charge on any atom is 0.230 e. The summed E-state index contributed by atoms with van der Waals surface area (Å²) in [6.07, 6.45) is 0. The summed E-state index contributed by atoms with van der Waals surface area (Å²) in [5.41, 5.74) is 5.37. The van der Waals surface area contributed by atoms with Crippen LogP contribution >= 0.6 is 11.8 Å². The Hall–Kier alpha value is -1.96. The Balaban J connectivity index is 1.72. The standard InChI is InChI=1S/C10H13N5O2S/c1-6-2-3-7(17-6)4-12-8(16)5-18-10-13-9(11)14-15-10/h2-3H,4-5H2,1H3,(H,12,16)(H3,11,13,14,15). The smallest absolute Gasteiger partial charge is 0.230 e. The Labute approximate surface area is 108 Å². The second-order valence-electron chi connectivity index (χ2n) is 3.58. The van der Waals surface area contributed by atoms with Crippen molar-refractivity contribution >= 4 is 23.6 Å². The van der Waals surface area contributed by atoms with Gasteiger partial charge in [0.15, 0.2) is 0 Å². The minimum atomic E-state index is -0.113. The lowest BCUT2D eigenvalue weighted by Crippen LogP contribution is -2.24. The number of H-pyrrole nitrogens is 1. The number of rotatable bonds is 5. The number of hydrogen-bond donors (Lipinski definition) is 3. The van der Waals surface area contributed by atoms with Gasteiger partial charge in [-0.1, -0.05) is 11.8 Å². The molecule has 0 aliphatic heterocycles. The first kappa shape index (κ1) is 12.5. The van der Waals surface area contributed by atoms with Crippen LogP contribution in [0.1, 0.15) is 11.5 Å². The van der Waals surface area contributed by atoms with E-state index in [1.165, 1.54) is 11.8 Å². The topological polar surface area (TPSA) is 110 Å². The quantitative estimate of drug-likeness (QED) is 0.688. The highest BCUT2D eigenvalue weighted by atomic mass is 32.2. The number of aryl methyl sites for hydroxylation is 1. The first-order chi connectivity index (χ1) is 8.63. The average Bonchev–Trinajstić information content (AvgIpc) is 2.93. The Bertz CT molecular complexity index is 490. The lowest BCUT2D eigenvalue weighted by molar-refractivity contribution is -0.118. The molecule has 2 rings (SSSR count). The maximum atomic E-state index is 11.5. The molecule has 2 heterocycles. The number of hydrogen-bond acceptors (Lipinski definition) is 6. The summed E-state index contributed by atoms with van der Waals surface area (Å²) < 4.78 is 5.33. The number of aromatic nitrogens is 3. The van der Waals surface area contributed by atoms with Crippen molar-refractivity contribution in [3.8, 4) is 0 Å². The molecule has 0 saturated heterocycles. The lowest BCUT2D eigenvalue weighted by atomic mass is 10.4. The summed E-state index contributed by atoms with van der Waals surface area (Å²) >= 11 is 1.21. The molecule has 0 aliphatic carbocycles. The second-order valence-corrected chi connectivity index (χ2v) is 4.52. The summed E-state index contributed by atoms with van der Waals surface area (Å²) in [7, 11) is 0. The number of nitrogen functional groups attached to an aromatic ring is 1. The van der Waals surface area contributed by atoms with E-state index in [9.17, 15) is 4.79 Å². The molecule has 0 fully saturated rings. The third kappa shape index (κ3) is 3.52. The number of anilines is 1. The van der Waals surface area contributed by atoms with Gasteiger partial charge in [-0.05, 0) is 19.1 Å². The molecule has 0 radical (unpaired) electrons. The molecule has 2 aromatic rings. The first-order valence-corrected chi connectivity index (χ1v) is 6.25. The van der Waals surface area contributed by atoms with Gasteiger partial charge in [0.2, 0.25) is 17.0 Å². The van der Waals surface area contributed by atoms with Crippen molar-refractivity contribution in [3.63, 3.8) is 0 Å². The molecule has 0 aromatic carbocycles. The molecule has 0 spiro atoms. The molecule has 0 aliphatic rings. The number of amides is 1. The number of furan rings is 1. The van der Waals surface area contributed by atoms with Gasteiger partial charge in [0.05, 0.1) is 12.3 Å². The number of carbonyl (C=O) groups excluding carboxylic acids is 1. The van der Waals surface area contributed by atoms with E-state index in [1.807, 2.05) is 19.1 Å². The van der Waals surface area contributed by atoms with Crippen LogP contribution in [-0.4, -0.2) is 26.8 Å². The third-order valence-corrected chi connectivity index (χ3v) is 2.92. The third-order valence-electron chi connectivity index (χ3n) is 2.07. The molecule has 0 bridgehead atoms. The summed E-state index contributed by atoms with van der Waals surface area (Å²) in [4.78, 5) is 15.4. The normalized spacial score (nSPS) is 10.5. The van der Waals surface area contributed by atoms with Crippen LogP contribution < -0.4 is 11.1 Å². The van der Waals surface area contributed by atoms with Crippen molar-refractivity contribution in [2.24, 2.45) is 0 Å². The van der Waals surface area contributed by atoms with Gasteiger partial charge in [-0.3, -0.25) is 4.79 Å². The second kappa shape index (κ2) is 5.58. The Morgan fingerprint density at radius 1 is 1.61 bits per heavy atom. The molecular weight excluding hydrogens is 254 g/mol. The zero-order chi connectivity index (χ0) is 13.0. The van der Waals surface area contributed by atoms with Gasteiger partial charge in [-0.2, -0.15) is 4.98 Å². The maximum absolute atomic E-state index is 11.5. The van der Waals surface area contributed by atoms with Crippen LogP contribution in [0.2, 0.25) is 0 Å². The van der Waals surface area contributed by atoms with E-state index in [1.54, 1.807) is 0 Å². The average molecular weight is 267 g/mol. The number of carbonyl (C=O) groups is 1. The highest BCUT2D eigenvalue weighted by Crippen LogP contribution is 2.12. The van der Waals surface area contributed by atoms with E-state index in [4.69, 9.17) is 10.2 Å². The number of nitrogens with one attached hydrogen (secondary N) is 2. The molecule has 0 atom stereocenters. The first-order valence-electron chi connectivity index (χ1n) is 5.26. The van der Waals surface area contributed by atoms with Gasteiger partial charge in [0.25, 0.3) is 0 Å². The van der Waals surface area contributed by atoms with Crippen molar-refractivity contribution in [2.75, 3.05) is 11.5 Å². The molecule has 8 heteroatoms. The van der Waals surface area contributed by atoms with E-state index in [0.717, 1.165) is 11.5 Å². The Morgan fingerprint density at radius 2 is 2.44 bits per heavy atom. The molecule has 0 unspecified atom stereocenters. The lowest BCUT2D eigenvalue weighted by Gasteiger charge is -2.01. The van der Waals surface area contributed by atoms with Gasteiger partial charge in [-0.25, -0.2) is 5.10 Å². The fourth-order valence-electron chi connectivity index (χ4n) is 1.27. The predicted molar refractivity (Wildman–Crippen MR) is 66.8 cm³/mol. The van der Waals surface area contributed by atoms with Gasteiger partial charge >= 0.3 is 0 Å². The largest absolute Gasteiger partial charge is 0.465 e. The minimum absolute atomic E-state index is 0.113. The summed E-state index contributed by atoms with van der Waals surface area (Å²) in [6.45, 7) is 2.23. The van der Waals surface area contributed by atoms with E-state index in [-0.39, 0.29) is 17.6 Å². The fraction of sp³-hybridized carbons (Fsp3) is 0.300. The molecule has 18 heavy (non-hydrogen) atoms. The van der Waals surface area contributed by atoms with E-state index >= 15 is 0 Å².